The lowest BCUT2D eigenvalue weighted by atomic mass is 10.1. The second-order valence-electron chi connectivity index (χ2n) is 6.53. The van der Waals surface area contributed by atoms with E-state index < -0.39 is 6.16 Å². The van der Waals surface area contributed by atoms with Gasteiger partial charge in [0, 0.05) is 0 Å². The predicted molar refractivity (Wildman–Crippen MR) is 103 cm³/mol. The molecule has 1 unspecified atom stereocenters. The summed E-state index contributed by atoms with van der Waals surface area (Å²) in [5, 5.41) is 8.55. The Bertz CT molecular complexity index is 305. The molecule has 0 aliphatic heterocycles. The lowest BCUT2D eigenvalue weighted by Gasteiger charge is -2.12. The first-order chi connectivity index (χ1) is 11.7. The molecule has 0 saturated carbocycles. The Morgan fingerprint density at radius 3 is 1.92 bits per heavy atom. The van der Waals surface area contributed by atoms with Crippen LogP contribution in [0.2, 0.25) is 0 Å². The lowest BCUT2D eigenvalue weighted by Crippen LogP contribution is -2.18. The molecular weight excluding hydrogens is 324 g/mol. The molecule has 0 amide bonds. The number of unbranched alkanes of at least 4 members (excludes halogenated alkanes) is 11. The summed E-state index contributed by atoms with van der Waals surface area (Å²) < 4.78 is 4.69. The van der Waals surface area contributed by atoms with E-state index in [0.29, 0.717) is 0 Å². The fraction of sp³-hybridized carbons (Fsp3) is 0.850. The van der Waals surface area contributed by atoms with Crippen LogP contribution in [0, 0.1) is 0 Å². The molecule has 0 aliphatic rings. The van der Waals surface area contributed by atoms with Crippen LogP contribution in [0.4, 0.5) is 4.79 Å². The van der Waals surface area contributed by atoms with Crippen molar-refractivity contribution < 1.29 is 14.6 Å². The largest absolute Gasteiger partial charge is 0.506 e. The van der Waals surface area contributed by atoms with Crippen molar-refractivity contribution in [3.8, 4) is 0 Å². The Morgan fingerprint density at radius 1 is 0.917 bits per heavy atom. The molecule has 4 heteroatoms. The minimum Gasteiger partial charge on any atom is -0.450 e. The van der Waals surface area contributed by atoms with Crippen LogP contribution in [0.5, 0.6) is 0 Å². The normalized spacial score (nSPS) is 12.6. The van der Waals surface area contributed by atoms with Gasteiger partial charge in [-0.1, -0.05) is 70.4 Å². The highest BCUT2D eigenvalue weighted by Gasteiger charge is 2.11. The topological polar surface area (TPSA) is 46.5 Å². The first-order valence-corrected chi connectivity index (χ1v) is 10.3. The van der Waals surface area contributed by atoms with Crippen LogP contribution >= 0.6 is 11.6 Å². The number of carbonyl (C=O) groups is 1. The monoisotopic (exact) mass is 360 g/mol. The summed E-state index contributed by atoms with van der Waals surface area (Å²) in [4.78, 5) is 10.4. The average molecular weight is 361 g/mol. The third-order valence-corrected chi connectivity index (χ3v) is 4.57. The molecule has 0 aliphatic carbocycles. The molecule has 0 radical (unpaired) electrons. The Hall–Kier alpha value is -0.700. The van der Waals surface area contributed by atoms with Gasteiger partial charge in [-0.25, -0.2) is 4.79 Å². The molecule has 0 rings (SSSR count). The molecule has 0 heterocycles. The smallest absolute Gasteiger partial charge is 0.450 e. The summed E-state index contributed by atoms with van der Waals surface area (Å²) in [7, 11) is 0. The van der Waals surface area contributed by atoms with Crippen molar-refractivity contribution >= 4 is 17.8 Å². The summed E-state index contributed by atoms with van der Waals surface area (Å²) in [6.07, 6.45) is 20.2. The van der Waals surface area contributed by atoms with Crippen molar-refractivity contribution in [3.05, 3.63) is 12.2 Å². The molecule has 0 spiro atoms. The van der Waals surface area contributed by atoms with E-state index in [0.717, 1.165) is 19.3 Å². The summed E-state index contributed by atoms with van der Waals surface area (Å²) >= 11 is 5.68. The molecule has 0 aromatic carbocycles. The molecule has 1 N–H and O–H groups in total. The molecule has 3 nitrogen and oxygen atoms in total. The zero-order valence-corrected chi connectivity index (χ0v) is 16.2. The van der Waals surface area contributed by atoms with E-state index in [1.54, 1.807) is 0 Å². The highest BCUT2D eigenvalue weighted by Crippen LogP contribution is 2.12. The van der Waals surface area contributed by atoms with Gasteiger partial charge in [0.2, 0.25) is 0 Å². The molecule has 24 heavy (non-hydrogen) atoms. The number of hydrogen-bond acceptors (Lipinski definition) is 2. The number of ether oxygens (including phenoxy) is 1. The molecule has 0 saturated heterocycles. The molecule has 142 valence electrons. The standard InChI is InChI=1S/C20H37ClO3/c1-2-3-4-5-6-7-8-9-10-11-12-13-14-15-16-17-19(18-21)24-20(22)23/h9-10,19H,2-8,11-18H2,1H3,(H,22,23)/b10-9+. The summed E-state index contributed by atoms with van der Waals surface area (Å²) in [6, 6.07) is 0. The predicted octanol–water partition coefficient (Wildman–Crippen LogP) is 7.33. The van der Waals surface area contributed by atoms with Crippen LogP contribution < -0.4 is 0 Å². The van der Waals surface area contributed by atoms with Crippen LogP contribution in [-0.2, 0) is 4.74 Å². The molecule has 1 atom stereocenters. The van der Waals surface area contributed by atoms with Crippen molar-refractivity contribution in [3.63, 3.8) is 0 Å². The van der Waals surface area contributed by atoms with E-state index in [4.69, 9.17) is 21.4 Å². The minimum atomic E-state index is -1.23. The average Bonchev–Trinajstić information content (AvgIpc) is 2.56. The van der Waals surface area contributed by atoms with Crippen molar-refractivity contribution in [1.29, 1.82) is 0 Å². The van der Waals surface area contributed by atoms with E-state index in [1.807, 2.05) is 0 Å². The Morgan fingerprint density at radius 2 is 1.42 bits per heavy atom. The summed E-state index contributed by atoms with van der Waals surface area (Å²) in [5.74, 6) is 0.246. The fourth-order valence-electron chi connectivity index (χ4n) is 2.75. The van der Waals surface area contributed by atoms with E-state index >= 15 is 0 Å². The number of rotatable bonds is 17. The maximum absolute atomic E-state index is 10.4. The lowest BCUT2D eigenvalue weighted by molar-refractivity contribution is 0.0560. The van der Waals surface area contributed by atoms with Gasteiger partial charge in [0.15, 0.2) is 0 Å². The SMILES string of the molecule is CCCCCCCC/C=C/CCCCCCCC(CCl)OC(=O)O. The van der Waals surface area contributed by atoms with E-state index in [9.17, 15) is 4.79 Å². The van der Waals surface area contributed by atoms with Gasteiger partial charge in [0.1, 0.15) is 6.10 Å². The molecule has 0 aromatic rings. The minimum absolute atomic E-state index is 0.246. The second-order valence-corrected chi connectivity index (χ2v) is 6.84. The Kier molecular flexibility index (Phi) is 18.1. The van der Waals surface area contributed by atoms with Crippen LogP contribution in [0.25, 0.3) is 0 Å². The highest BCUT2D eigenvalue weighted by atomic mass is 35.5. The molecule has 0 fully saturated rings. The van der Waals surface area contributed by atoms with Crippen LogP contribution in [0.3, 0.4) is 0 Å². The van der Waals surface area contributed by atoms with Gasteiger partial charge in [-0.3, -0.25) is 0 Å². The number of allylic oxidation sites excluding steroid dienone is 2. The maximum Gasteiger partial charge on any atom is 0.506 e. The third kappa shape index (κ3) is 17.7. The van der Waals surface area contributed by atoms with Gasteiger partial charge in [-0.15, -0.1) is 11.6 Å². The van der Waals surface area contributed by atoms with E-state index in [1.165, 1.54) is 70.6 Å². The second kappa shape index (κ2) is 18.6. The van der Waals surface area contributed by atoms with Crippen LogP contribution in [0.1, 0.15) is 96.8 Å². The van der Waals surface area contributed by atoms with Crippen LogP contribution in [0.15, 0.2) is 12.2 Å². The van der Waals surface area contributed by atoms with Crippen molar-refractivity contribution in [1.82, 2.24) is 0 Å². The molecule has 0 aromatic heterocycles. The van der Waals surface area contributed by atoms with Gasteiger partial charge in [-0.05, 0) is 38.5 Å². The summed E-state index contributed by atoms with van der Waals surface area (Å²) in [5.41, 5.74) is 0. The Labute approximate surface area is 153 Å². The summed E-state index contributed by atoms with van der Waals surface area (Å²) in [6.45, 7) is 2.26. The maximum atomic E-state index is 10.4. The highest BCUT2D eigenvalue weighted by molar-refractivity contribution is 6.18. The molecule has 0 bridgehead atoms. The first-order valence-electron chi connectivity index (χ1n) is 9.81. The fourth-order valence-corrected chi connectivity index (χ4v) is 2.97. The van der Waals surface area contributed by atoms with Crippen molar-refractivity contribution in [2.24, 2.45) is 0 Å². The molecular formula is C20H37ClO3. The first kappa shape index (κ1) is 23.3. The third-order valence-electron chi connectivity index (χ3n) is 4.23. The van der Waals surface area contributed by atoms with Crippen molar-refractivity contribution in [2.75, 3.05) is 5.88 Å². The van der Waals surface area contributed by atoms with Crippen LogP contribution in [-0.4, -0.2) is 23.2 Å². The zero-order chi connectivity index (χ0) is 17.9. The van der Waals surface area contributed by atoms with Gasteiger partial charge in [0.25, 0.3) is 0 Å². The van der Waals surface area contributed by atoms with Gasteiger partial charge >= 0.3 is 6.16 Å². The number of halogens is 1. The van der Waals surface area contributed by atoms with E-state index in [2.05, 4.69) is 19.1 Å². The van der Waals surface area contributed by atoms with Gasteiger partial charge in [-0.2, -0.15) is 0 Å². The Balaban J connectivity index is 3.27. The number of alkyl halides is 1. The number of carboxylic acid groups (broad SMARTS) is 1. The zero-order valence-electron chi connectivity index (χ0n) is 15.5. The van der Waals surface area contributed by atoms with Gasteiger partial charge < -0.3 is 9.84 Å². The van der Waals surface area contributed by atoms with Gasteiger partial charge in [0.05, 0.1) is 5.88 Å². The van der Waals surface area contributed by atoms with E-state index in [-0.39, 0.29) is 12.0 Å². The quantitative estimate of drug-likeness (QED) is 0.128. The van der Waals surface area contributed by atoms with Crippen molar-refractivity contribution in [2.45, 2.75) is 103 Å². The number of hydrogen-bond donors (Lipinski definition) is 1.